The fraction of sp³-hybridized carbons (Fsp3) is 0.750. The molecule has 1 saturated heterocycles. The minimum atomic E-state index is 0.477. The van der Waals surface area contributed by atoms with E-state index in [-0.39, 0.29) is 0 Å². The lowest BCUT2D eigenvalue weighted by Crippen LogP contribution is -2.45. The highest BCUT2D eigenvalue weighted by molar-refractivity contribution is 5.09. The van der Waals surface area contributed by atoms with Crippen molar-refractivity contribution < 1.29 is 0 Å². The van der Waals surface area contributed by atoms with Crippen LogP contribution in [0.15, 0.2) is 12.4 Å². The predicted molar refractivity (Wildman–Crippen MR) is 65.3 cm³/mol. The van der Waals surface area contributed by atoms with E-state index in [1.54, 1.807) is 0 Å². The summed E-state index contributed by atoms with van der Waals surface area (Å²) in [5.74, 6) is 0. The van der Waals surface area contributed by atoms with E-state index < -0.39 is 0 Å². The lowest BCUT2D eigenvalue weighted by Gasteiger charge is -2.36. The molecule has 1 aliphatic heterocycles. The van der Waals surface area contributed by atoms with Gasteiger partial charge in [0.25, 0.3) is 0 Å². The Morgan fingerprint density at radius 1 is 1.56 bits per heavy atom. The molecule has 0 spiro atoms. The van der Waals surface area contributed by atoms with Crippen LogP contribution in [0, 0.1) is 0 Å². The Morgan fingerprint density at radius 2 is 2.38 bits per heavy atom. The molecular weight excluding hydrogens is 200 g/mol. The zero-order chi connectivity index (χ0) is 11.5. The van der Waals surface area contributed by atoms with Gasteiger partial charge in [-0.2, -0.15) is 5.10 Å². The third-order valence-corrected chi connectivity index (χ3v) is 3.62. The molecule has 1 fully saturated rings. The highest BCUT2D eigenvalue weighted by Gasteiger charge is 2.23. The molecule has 0 aromatic carbocycles. The van der Waals surface area contributed by atoms with Crippen molar-refractivity contribution >= 4 is 0 Å². The predicted octanol–water partition coefficient (Wildman–Crippen LogP) is 1.16. The maximum atomic E-state index is 4.25. The monoisotopic (exact) mass is 222 g/mol. The molecule has 2 atom stereocenters. The van der Waals surface area contributed by atoms with Crippen LogP contribution in [0.5, 0.6) is 0 Å². The first-order valence-corrected chi connectivity index (χ1v) is 6.10. The van der Waals surface area contributed by atoms with Gasteiger partial charge in [-0.05, 0) is 33.4 Å². The average Bonchev–Trinajstić information content (AvgIpc) is 2.75. The molecule has 90 valence electrons. The highest BCUT2D eigenvalue weighted by atomic mass is 15.3. The van der Waals surface area contributed by atoms with E-state index in [1.807, 2.05) is 17.9 Å². The average molecular weight is 222 g/mol. The Kier molecular flexibility index (Phi) is 3.61. The van der Waals surface area contributed by atoms with Crippen molar-refractivity contribution in [1.82, 2.24) is 20.0 Å². The van der Waals surface area contributed by atoms with Gasteiger partial charge in [0.1, 0.15) is 0 Å². The van der Waals surface area contributed by atoms with Crippen molar-refractivity contribution in [2.24, 2.45) is 7.05 Å². The maximum absolute atomic E-state index is 4.25. The number of aryl methyl sites for hydroxylation is 1. The first kappa shape index (κ1) is 11.6. The summed E-state index contributed by atoms with van der Waals surface area (Å²) < 4.78 is 1.88. The second-order valence-corrected chi connectivity index (χ2v) is 4.75. The van der Waals surface area contributed by atoms with Crippen molar-refractivity contribution in [3.8, 4) is 0 Å². The topological polar surface area (TPSA) is 33.1 Å². The summed E-state index contributed by atoms with van der Waals surface area (Å²) >= 11 is 0. The van der Waals surface area contributed by atoms with E-state index in [9.17, 15) is 0 Å². The molecular formula is C12H22N4. The fourth-order valence-corrected chi connectivity index (χ4v) is 2.46. The largest absolute Gasteiger partial charge is 0.316 e. The summed E-state index contributed by atoms with van der Waals surface area (Å²) in [5.41, 5.74) is 1.32. The minimum absolute atomic E-state index is 0.477. The Bertz CT molecular complexity index is 334. The van der Waals surface area contributed by atoms with Crippen LogP contribution in [0.3, 0.4) is 0 Å². The van der Waals surface area contributed by atoms with E-state index in [1.165, 1.54) is 24.9 Å². The van der Waals surface area contributed by atoms with Gasteiger partial charge in [0.2, 0.25) is 0 Å². The van der Waals surface area contributed by atoms with E-state index in [0.717, 1.165) is 6.54 Å². The van der Waals surface area contributed by atoms with Gasteiger partial charge in [-0.25, -0.2) is 0 Å². The maximum Gasteiger partial charge on any atom is 0.0537 e. The van der Waals surface area contributed by atoms with Gasteiger partial charge in [0.05, 0.1) is 6.20 Å². The van der Waals surface area contributed by atoms with Crippen molar-refractivity contribution in [3.63, 3.8) is 0 Å². The summed E-state index contributed by atoms with van der Waals surface area (Å²) in [6.07, 6.45) is 6.68. The van der Waals surface area contributed by atoms with Gasteiger partial charge in [-0.1, -0.05) is 0 Å². The standard InChI is InChI=1S/C12H22N4/c1-10(11-7-14-15(3)8-11)16-6-4-5-12(9-16)13-2/h7-8,10,12-13H,4-6,9H2,1-3H3. The second kappa shape index (κ2) is 4.97. The van der Waals surface area contributed by atoms with Crippen LogP contribution in [0.4, 0.5) is 0 Å². The number of piperidine rings is 1. The van der Waals surface area contributed by atoms with E-state index >= 15 is 0 Å². The minimum Gasteiger partial charge on any atom is -0.316 e. The molecule has 1 aliphatic rings. The van der Waals surface area contributed by atoms with Gasteiger partial charge in [0, 0.05) is 37.4 Å². The summed E-state index contributed by atoms with van der Waals surface area (Å²) in [6.45, 7) is 4.62. The van der Waals surface area contributed by atoms with Crippen LogP contribution in [0.25, 0.3) is 0 Å². The summed E-state index contributed by atoms with van der Waals surface area (Å²) in [4.78, 5) is 2.54. The number of nitrogens with zero attached hydrogens (tertiary/aromatic N) is 3. The van der Waals surface area contributed by atoms with E-state index in [4.69, 9.17) is 0 Å². The lowest BCUT2D eigenvalue weighted by molar-refractivity contribution is 0.149. The van der Waals surface area contributed by atoms with Gasteiger partial charge in [-0.3, -0.25) is 9.58 Å². The molecule has 1 aromatic heterocycles. The van der Waals surface area contributed by atoms with Crippen LogP contribution in [0.1, 0.15) is 31.4 Å². The Hall–Kier alpha value is -0.870. The quantitative estimate of drug-likeness (QED) is 0.833. The molecule has 0 amide bonds. The van der Waals surface area contributed by atoms with Crippen LogP contribution in [-0.2, 0) is 7.05 Å². The van der Waals surface area contributed by atoms with Crippen LogP contribution < -0.4 is 5.32 Å². The molecule has 2 unspecified atom stereocenters. The molecule has 1 N–H and O–H groups in total. The molecule has 0 bridgehead atoms. The number of rotatable bonds is 3. The fourth-order valence-electron chi connectivity index (χ4n) is 2.46. The number of hydrogen-bond donors (Lipinski definition) is 1. The van der Waals surface area contributed by atoms with Gasteiger partial charge < -0.3 is 5.32 Å². The molecule has 4 nitrogen and oxygen atoms in total. The Labute approximate surface area is 97.6 Å². The molecule has 1 aromatic rings. The zero-order valence-electron chi connectivity index (χ0n) is 10.5. The number of nitrogens with one attached hydrogen (secondary N) is 1. The molecule has 2 rings (SSSR count). The number of likely N-dealkylation sites (tertiary alicyclic amines) is 1. The van der Waals surface area contributed by atoms with E-state index in [0.29, 0.717) is 12.1 Å². The molecule has 0 radical (unpaired) electrons. The van der Waals surface area contributed by atoms with Crippen molar-refractivity contribution in [2.45, 2.75) is 31.8 Å². The first-order valence-electron chi connectivity index (χ1n) is 6.10. The van der Waals surface area contributed by atoms with Crippen molar-refractivity contribution in [2.75, 3.05) is 20.1 Å². The van der Waals surface area contributed by atoms with Crippen molar-refractivity contribution in [3.05, 3.63) is 18.0 Å². The molecule has 4 heteroatoms. The highest BCUT2D eigenvalue weighted by Crippen LogP contribution is 2.23. The van der Waals surface area contributed by atoms with Crippen LogP contribution in [0.2, 0.25) is 0 Å². The number of likely N-dealkylation sites (N-methyl/N-ethyl adjacent to an activating group) is 1. The molecule has 2 heterocycles. The molecule has 0 saturated carbocycles. The van der Waals surface area contributed by atoms with Gasteiger partial charge >= 0.3 is 0 Å². The number of aromatic nitrogens is 2. The van der Waals surface area contributed by atoms with Crippen molar-refractivity contribution in [1.29, 1.82) is 0 Å². The third kappa shape index (κ3) is 2.44. The first-order chi connectivity index (χ1) is 7.70. The Balaban J connectivity index is 2.01. The summed E-state index contributed by atoms with van der Waals surface area (Å²) in [5, 5.41) is 7.63. The number of hydrogen-bond acceptors (Lipinski definition) is 3. The van der Waals surface area contributed by atoms with E-state index in [2.05, 4.69) is 35.5 Å². The summed E-state index contributed by atoms with van der Waals surface area (Å²) in [6, 6.07) is 1.12. The lowest BCUT2D eigenvalue weighted by atomic mass is 10.0. The third-order valence-electron chi connectivity index (χ3n) is 3.62. The zero-order valence-corrected chi connectivity index (χ0v) is 10.5. The SMILES string of the molecule is CNC1CCCN(C(C)c2cnn(C)c2)C1. The normalized spacial score (nSPS) is 24.6. The smallest absolute Gasteiger partial charge is 0.0537 e. The second-order valence-electron chi connectivity index (χ2n) is 4.75. The van der Waals surface area contributed by atoms with Crippen LogP contribution in [-0.4, -0.2) is 40.9 Å². The molecule has 0 aliphatic carbocycles. The van der Waals surface area contributed by atoms with Gasteiger partial charge in [0.15, 0.2) is 0 Å². The Morgan fingerprint density at radius 3 is 3.00 bits per heavy atom. The summed E-state index contributed by atoms with van der Waals surface area (Å²) in [7, 11) is 4.03. The van der Waals surface area contributed by atoms with Gasteiger partial charge in [-0.15, -0.1) is 0 Å². The molecule has 16 heavy (non-hydrogen) atoms. The van der Waals surface area contributed by atoms with Crippen LogP contribution >= 0.6 is 0 Å².